The van der Waals surface area contributed by atoms with Crippen LogP contribution in [0.1, 0.15) is 15.9 Å². The molecule has 2 aromatic carbocycles. The van der Waals surface area contributed by atoms with Gasteiger partial charge in [0, 0.05) is 0 Å². The number of hydrogen-bond donors (Lipinski definition) is 0. The van der Waals surface area contributed by atoms with Gasteiger partial charge in [-0.1, -0.05) is 30.9 Å². The van der Waals surface area contributed by atoms with Crippen LogP contribution in [0.2, 0.25) is 0 Å². The first-order valence-corrected chi connectivity index (χ1v) is 8.04. The third-order valence-electron chi connectivity index (χ3n) is 3.47. The molecule has 6 nitrogen and oxygen atoms in total. The molecule has 0 aliphatic carbocycles. The highest BCUT2D eigenvalue weighted by Crippen LogP contribution is 2.30. The quantitative estimate of drug-likeness (QED) is 0.239. The van der Waals surface area contributed by atoms with Crippen LogP contribution < -0.4 is 9.47 Å². The van der Waals surface area contributed by atoms with Crippen molar-refractivity contribution >= 4 is 18.0 Å². The lowest BCUT2D eigenvalue weighted by atomic mass is 10.1. The molecular formula is C21H16FNO5. The van der Waals surface area contributed by atoms with Gasteiger partial charge in [0.15, 0.2) is 11.5 Å². The summed E-state index contributed by atoms with van der Waals surface area (Å²) in [5, 5.41) is 9.13. The maximum Gasteiger partial charge on any atom is 0.349 e. The van der Waals surface area contributed by atoms with Gasteiger partial charge in [0.25, 0.3) is 0 Å². The van der Waals surface area contributed by atoms with Gasteiger partial charge in [-0.2, -0.15) is 5.26 Å². The minimum atomic E-state index is -0.884. The van der Waals surface area contributed by atoms with Gasteiger partial charge in [0.1, 0.15) is 24.1 Å². The molecule has 0 bridgehead atoms. The minimum Gasteiger partial charge on any atom is -0.493 e. The second kappa shape index (κ2) is 9.69. The van der Waals surface area contributed by atoms with Crippen LogP contribution in [0.15, 0.2) is 60.7 Å². The van der Waals surface area contributed by atoms with E-state index in [1.54, 1.807) is 6.07 Å². The van der Waals surface area contributed by atoms with Gasteiger partial charge in [-0.3, -0.25) is 0 Å². The first-order valence-electron chi connectivity index (χ1n) is 8.04. The normalized spacial score (nSPS) is 10.5. The van der Waals surface area contributed by atoms with Crippen molar-refractivity contribution in [1.82, 2.24) is 0 Å². The molecule has 0 fully saturated rings. The van der Waals surface area contributed by atoms with Crippen LogP contribution in [0, 0.1) is 17.1 Å². The Labute approximate surface area is 161 Å². The maximum absolute atomic E-state index is 13.7. The number of nitrogens with zero attached hydrogens (tertiary/aromatic N) is 1. The standard InChI is InChI=1S/C21H16FNO5/c1-3-10-27-20(24)15(13-23)11-14-8-9-18(19(12-14)26-2)28-21(25)16-6-4-5-7-17(16)22/h3-9,11-12H,1,10H2,2H3/b15-11+. The van der Waals surface area contributed by atoms with Crippen LogP contribution in [-0.4, -0.2) is 25.7 Å². The zero-order valence-corrected chi connectivity index (χ0v) is 15.0. The van der Waals surface area contributed by atoms with Crippen LogP contribution in [0.3, 0.4) is 0 Å². The zero-order valence-electron chi connectivity index (χ0n) is 15.0. The molecule has 0 aliphatic rings. The Hall–Kier alpha value is -3.92. The zero-order chi connectivity index (χ0) is 20.5. The van der Waals surface area contributed by atoms with Crippen molar-refractivity contribution in [3.05, 3.63) is 77.6 Å². The third-order valence-corrected chi connectivity index (χ3v) is 3.47. The van der Waals surface area contributed by atoms with E-state index in [1.807, 2.05) is 0 Å². The summed E-state index contributed by atoms with van der Waals surface area (Å²) in [5.74, 6) is -2.17. The molecule has 0 N–H and O–H groups in total. The summed E-state index contributed by atoms with van der Waals surface area (Å²) in [4.78, 5) is 24.0. The number of esters is 2. The van der Waals surface area contributed by atoms with E-state index in [-0.39, 0.29) is 29.2 Å². The van der Waals surface area contributed by atoms with Crippen LogP contribution in [-0.2, 0) is 9.53 Å². The monoisotopic (exact) mass is 381 g/mol. The van der Waals surface area contributed by atoms with Gasteiger partial charge in [-0.05, 0) is 35.9 Å². The van der Waals surface area contributed by atoms with Crippen LogP contribution in [0.4, 0.5) is 4.39 Å². The second-order valence-electron chi connectivity index (χ2n) is 5.34. The topological polar surface area (TPSA) is 85.6 Å². The van der Waals surface area contributed by atoms with Gasteiger partial charge < -0.3 is 14.2 Å². The van der Waals surface area contributed by atoms with E-state index >= 15 is 0 Å². The van der Waals surface area contributed by atoms with Gasteiger partial charge >= 0.3 is 11.9 Å². The smallest absolute Gasteiger partial charge is 0.349 e. The first kappa shape index (κ1) is 20.4. The van der Waals surface area contributed by atoms with Crippen molar-refractivity contribution < 1.29 is 28.2 Å². The summed E-state index contributed by atoms with van der Waals surface area (Å²) in [6.07, 6.45) is 2.69. The largest absolute Gasteiger partial charge is 0.493 e. The molecule has 0 spiro atoms. The highest BCUT2D eigenvalue weighted by molar-refractivity contribution is 5.98. The fourth-order valence-electron chi connectivity index (χ4n) is 2.16. The Morgan fingerprint density at radius 2 is 1.96 bits per heavy atom. The van der Waals surface area contributed by atoms with Gasteiger partial charge in [-0.25, -0.2) is 14.0 Å². The number of methoxy groups -OCH3 is 1. The molecule has 0 radical (unpaired) electrons. The Balaban J connectivity index is 2.26. The molecule has 0 amide bonds. The molecule has 0 aromatic heterocycles. The summed E-state index contributed by atoms with van der Waals surface area (Å²) in [6.45, 7) is 3.40. The number of carbonyl (C=O) groups excluding carboxylic acids is 2. The van der Waals surface area contributed by atoms with Gasteiger partial charge in [-0.15, -0.1) is 0 Å². The Morgan fingerprint density at radius 3 is 2.61 bits per heavy atom. The molecule has 7 heteroatoms. The van der Waals surface area contributed by atoms with Crippen LogP contribution in [0.25, 0.3) is 6.08 Å². The fourth-order valence-corrected chi connectivity index (χ4v) is 2.16. The molecule has 0 aliphatic heterocycles. The Kier molecular flexibility index (Phi) is 7.06. The molecule has 0 saturated carbocycles. The Bertz CT molecular complexity index is 975. The summed E-state index contributed by atoms with van der Waals surface area (Å²) in [7, 11) is 1.35. The number of rotatable bonds is 7. The first-order chi connectivity index (χ1) is 13.5. The maximum atomic E-state index is 13.7. The van der Waals surface area contributed by atoms with Crippen LogP contribution in [0.5, 0.6) is 11.5 Å². The van der Waals surface area contributed by atoms with Crippen molar-refractivity contribution in [2.45, 2.75) is 0 Å². The molecule has 142 valence electrons. The molecule has 0 unspecified atom stereocenters. The highest BCUT2D eigenvalue weighted by atomic mass is 19.1. The van der Waals surface area contributed by atoms with E-state index in [4.69, 9.17) is 19.5 Å². The summed E-state index contributed by atoms with van der Waals surface area (Å²) < 4.78 is 28.9. The van der Waals surface area contributed by atoms with Crippen molar-refractivity contribution in [2.24, 2.45) is 0 Å². The fraction of sp³-hybridized carbons (Fsp3) is 0.0952. The number of hydrogen-bond acceptors (Lipinski definition) is 6. The highest BCUT2D eigenvalue weighted by Gasteiger charge is 2.17. The van der Waals surface area contributed by atoms with Crippen molar-refractivity contribution in [3.8, 4) is 17.6 Å². The summed E-state index contributed by atoms with van der Waals surface area (Å²) >= 11 is 0. The van der Waals surface area contributed by atoms with E-state index in [0.29, 0.717) is 5.56 Å². The summed E-state index contributed by atoms with van der Waals surface area (Å²) in [6, 6.07) is 11.6. The number of halogens is 1. The van der Waals surface area contributed by atoms with E-state index in [2.05, 4.69) is 6.58 Å². The third kappa shape index (κ3) is 5.05. The summed E-state index contributed by atoms with van der Waals surface area (Å²) in [5.41, 5.74) is -0.0000885. The molecule has 2 aromatic rings. The van der Waals surface area contributed by atoms with E-state index in [1.165, 1.54) is 55.7 Å². The predicted octanol–water partition coefficient (Wildman–Crippen LogP) is 3.69. The van der Waals surface area contributed by atoms with Gasteiger partial charge in [0.05, 0.1) is 12.7 Å². The number of ether oxygens (including phenoxy) is 3. The SMILES string of the molecule is C=CCOC(=O)/C(C#N)=C/c1ccc(OC(=O)c2ccccc2F)c(OC)c1. The lowest BCUT2D eigenvalue weighted by Crippen LogP contribution is -2.11. The molecule has 28 heavy (non-hydrogen) atoms. The molecule has 0 heterocycles. The average molecular weight is 381 g/mol. The van der Waals surface area contributed by atoms with Crippen molar-refractivity contribution in [3.63, 3.8) is 0 Å². The van der Waals surface area contributed by atoms with Crippen molar-refractivity contribution in [2.75, 3.05) is 13.7 Å². The number of nitriles is 1. The number of carbonyl (C=O) groups is 2. The van der Waals surface area contributed by atoms with E-state index in [0.717, 1.165) is 6.07 Å². The van der Waals surface area contributed by atoms with Gasteiger partial charge in [0.2, 0.25) is 0 Å². The lowest BCUT2D eigenvalue weighted by molar-refractivity contribution is -0.137. The van der Waals surface area contributed by atoms with E-state index < -0.39 is 17.8 Å². The Morgan fingerprint density at radius 1 is 1.21 bits per heavy atom. The lowest BCUT2D eigenvalue weighted by Gasteiger charge is -2.10. The van der Waals surface area contributed by atoms with Crippen LogP contribution >= 0.6 is 0 Å². The average Bonchev–Trinajstić information content (AvgIpc) is 2.71. The second-order valence-corrected chi connectivity index (χ2v) is 5.34. The number of benzene rings is 2. The predicted molar refractivity (Wildman–Crippen MR) is 99.1 cm³/mol. The molecule has 0 atom stereocenters. The van der Waals surface area contributed by atoms with Crippen molar-refractivity contribution in [1.29, 1.82) is 5.26 Å². The molecular weight excluding hydrogens is 365 g/mol. The molecule has 0 saturated heterocycles. The molecule has 2 rings (SSSR count). The minimum absolute atomic E-state index is 0.0217. The van der Waals surface area contributed by atoms with E-state index in [9.17, 15) is 14.0 Å².